The highest BCUT2D eigenvalue weighted by Gasteiger charge is 2.29. The van der Waals surface area contributed by atoms with Gasteiger partial charge in [0.05, 0.1) is 0 Å². The van der Waals surface area contributed by atoms with Gasteiger partial charge in [-0.25, -0.2) is 4.39 Å². The highest BCUT2D eigenvalue weighted by atomic mass is 19.1. The Hall–Kier alpha value is -1.91. The average molecular weight is 362 g/mol. The molecule has 0 unspecified atom stereocenters. The van der Waals surface area contributed by atoms with Crippen molar-refractivity contribution >= 4 is 11.8 Å². The molecule has 2 rings (SSSR count). The van der Waals surface area contributed by atoms with Crippen LogP contribution in [0.5, 0.6) is 0 Å². The maximum atomic E-state index is 12.9. The van der Waals surface area contributed by atoms with E-state index < -0.39 is 0 Å². The minimum atomic E-state index is -0.246. The molecule has 0 radical (unpaired) electrons. The summed E-state index contributed by atoms with van der Waals surface area (Å²) in [6.45, 7) is 3.46. The van der Waals surface area contributed by atoms with Crippen LogP contribution in [0.4, 0.5) is 4.39 Å². The number of amides is 2. The fraction of sp³-hybridized carbons (Fsp3) is 0.619. The largest absolute Gasteiger partial charge is 0.356 e. The molecule has 1 fully saturated rings. The fourth-order valence-electron chi connectivity index (χ4n) is 3.47. The van der Waals surface area contributed by atoms with Crippen molar-refractivity contribution in [1.29, 1.82) is 0 Å². The van der Waals surface area contributed by atoms with Gasteiger partial charge in [-0.3, -0.25) is 9.59 Å². The van der Waals surface area contributed by atoms with Gasteiger partial charge in [-0.15, -0.1) is 0 Å². The molecule has 0 aliphatic heterocycles. The second kappa shape index (κ2) is 10.9. The zero-order chi connectivity index (χ0) is 18.8. The smallest absolute Gasteiger partial charge is 0.223 e. The molecule has 1 aliphatic carbocycles. The van der Waals surface area contributed by atoms with E-state index in [0.29, 0.717) is 13.0 Å². The van der Waals surface area contributed by atoms with Gasteiger partial charge in [-0.2, -0.15) is 0 Å². The Morgan fingerprint density at radius 3 is 2.00 bits per heavy atom. The van der Waals surface area contributed by atoms with Gasteiger partial charge in [-0.05, 0) is 56.2 Å². The number of nitrogens with one attached hydrogen (secondary N) is 2. The van der Waals surface area contributed by atoms with E-state index in [-0.39, 0.29) is 29.5 Å². The molecule has 2 N–H and O–H groups in total. The van der Waals surface area contributed by atoms with E-state index >= 15 is 0 Å². The summed E-state index contributed by atoms with van der Waals surface area (Å²) in [5.41, 5.74) is 1.01. The zero-order valence-corrected chi connectivity index (χ0v) is 15.7. The summed E-state index contributed by atoms with van der Waals surface area (Å²) in [7, 11) is 0. The van der Waals surface area contributed by atoms with Crippen molar-refractivity contribution in [2.75, 3.05) is 13.1 Å². The number of halogens is 1. The Bertz CT molecular complexity index is 566. The number of rotatable bonds is 9. The average Bonchev–Trinajstić information content (AvgIpc) is 2.66. The summed E-state index contributed by atoms with van der Waals surface area (Å²) in [5.74, 6) is 0.0429. The highest BCUT2D eigenvalue weighted by Crippen LogP contribution is 2.29. The van der Waals surface area contributed by atoms with Crippen molar-refractivity contribution in [1.82, 2.24) is 10.6 Å². The topological polar surface area (TPSA) is 58.2 Å². The van der Waals surface area contributed by atoms with Crippen molar-refractivity contribution in [3.05, 3.63) is 35.6 Å². The van der Waals surface area contributed by atoms with Gasteiger partial charge in [0.25, 0.3) is 0 Å². The van der Waals surface area contributed by atoms with Crippen LogP contribution in [0.25, 0.3) is 0 Å². The molecular formula is C21H31FN2O2. The van der Waals surface area contributed by atoms with Gasteiger partial charge in [-0.1, -0.05) is 31.9 Å². The van der Waals surface area contributed by atoms with Gasteiger partial charge in [0.15, 0.2) is 0 Å². The number of hydrogen-bond acceptors (Lipinski definition) is 2. The monoisotopic (exact) mass is 362 g/mol. The van der Waals surface area contributed by atoms with E-state index in [1.54, 1.807) is 12.1 Å². The third-order valence-electron chi connectivity index (χ3n) is 5.17. The summed E-state index contributed by atoms with van der Waals surface area (Å²) >= 11 is 0. The van der Waals surface area contributed by atoms with E-state index in [9.17, 15) is 14.0 Å². The normalized spacial score (nSPS) is 19.8. The summed E-state index contributed by atoms with van der Waals surface area (Å²) in [6, 6.07) is 6.36. The van der Waals surface area contributed by atoms with Gasteiger partial charge in [0, 0.05) is 24.9 Å². The number of carbonyl (C=O) groups excluding carboxylic acids is 2. The van der Waals surface area contributed by atoms with E-state index in [4.69, 9.17) is 0 Å². The van der Waals surface area contributed by atoms with Crippen molar-refractivity contribution in [2.24, 2.45) is 11.8 Å². The van der Waals surface area contributed by atoms with Gasteiger partial charge in [0.2, 0.25) is 11.8 Å². The van der Waals surface area contributed by atoms with E-state index in [2.05, 4.69) is 17.6 Å². The lowest BCUT2D eigenvalue weighted by molar-refractivity contribution is -0.130. The zero-order valence-electron chi connectivity index (χ0n) is 15.7. The molecule has 26 heavy (non-hydrogen) atoms. The Morgan fingerprint density at radius 2 is 1.46 bits per heavy atom. The molecule has 5 heteroatoms. The first-order valence-corrected chi connectivity index (χ1v) is 9.90. The Kier molecular flexibility index (Phi) is 8.59. The van der Waals surface area contributed by atoms with Crippen LogP contribution in [0.15, 0.2) is 24.3 Å². The van der Waals surface area contributed by atoms with Crippen molar-refractivity contribution < 1.29 is 14.0 Å². The van der Waals surface area contributed by atoms with Crippen LogP contribution in [0.3, 0.4) is 0 Å². The predicted molar refractivity (Wildman–Crippen MR) is 101 cm³/mol. The highest BCUT2D eigenvalue weighted by molar-refractivity contribution is 5.81. The third kappa shape index (κ3) is 6.77. The molecule has 0 heterocycles. The molecule has 4 nitrogen and oxygen atoms in total. The number of carbonyl (C=O) groups is 2. The summed E-state index contributed by atoms with van der Waals surface area (Å²) in [6.07, 6.45) is 7.15. The van der Waals surface area contributed by atoms with Crippen LogP contribution in [0, 0.1) is 17.7 Å². The first kappa shape index (κ1) is 20.4. The molecule has 144 valence electrons. The molecule has 0 spiro atoms. The van der Waals surface area contributed by atoms with Crippen molar-refractivity contribution in [3.63, 3.8) is 0 Å². The third-order valence-corrected chi connectivity index (χ3v) is 5.17. The Labute approximate surface area is 155 Å². The van der Waals surface area contributed by atoms with Crippen LogP contribution >= 0.6 is 0 Å². The SMILES string of the molecule is CCCCCNC(=O)C1CCC(C(=O)NCCc2ccc(F)cc2)CC1. The molecule has 0 aromatic heterocycles. The van der Waals surface area contributed by atoms with Crippen LogP contribution in [-0.2, 0) is 16.0 Å². The molecule has 1 aromatic rings. The lowest BCUT2D eigenvalue weighted by atomic mass is 9.81. The van der Waals surface area contributed by atoms with Crippen LogP contribution in [-0.4, -0.2) is 24.9 Å². The maximum Gasteiger partial charge on any atom is 0.223 e. The number of unbranched alkanes of at least 4 members (excludes halogenated alkanes) is 2. The molecule has 0 atom stereocenters. The van der Waals surface area contributed by atoms with Gasteiger partial charge in [0.1, 0.15) is 5.82 Å². The standard InChI is InChI=1S/C21H31FN2O2/c1-2-3-4-14-23-20(25)17-7-9-18(10-8-17)21(26)24-15-13-16-5-11-19(22)12-6-16/h5-6,11-12,17-18H,2-4,7-10,13-15H2,1H3,(H,23,25)(H,24,26). The molecule has 1 saturated carbocycles. The van der Waals surface area contributed by atoms with Crippen LogP contribution in [0.2, 0.25) is 0 Å². The summed E-state index contributed by atoms with van der Waals surface area (Å²) < 4.78 is 12.9. The quantitative estimate of drug-likeness (QED) is 0.660. The Morgan fingerprint density at radius 1 is 0.923 bits per heavy atom. The van der Waals surface area contributed by atoms with Crippen molar-refractivity contribution in [3.8, 4) is 0 Å². The minimum Gasteiger partial charge on any atom is -0.356 e. The Balaban J connectivity index is 1.63. The molecule has 1 aromatic carbocycles. The summed E-state index contributed by atoms with van der Waals surface area (Å²) in [5, 5.41) is 6.00. The number of benzene rings is 1. The first-order chi connectivity index (χ1) is 12.6. The van der Waals surface area contributed by atoms with Gasteiger partial charge >= 0.3 is 0 Å². The molecule has 2 amide bonds. The van der Waals surface area contributed by atoms with E-state index in [1.165, 1.54) is 12.1 Å². The minimum absolute atomic E-state index is 0.00681. The lowest BCUT2D eigenvalue weighted by Crippen LogP contribution is -2.38. The molecular weight excluding hydrogens is 331 g/mol. The first-order valence-electron chi connectivity index (χ1n) is 9.90. The number of hydrogen-bond donors (Lipinski definition) is 2. The van der Waals surface area contributed by atoms with Gasteiger partial charge < -0.3 is 10.6 Å². The van der Waals surface area contributed by atoms with Crippen LogP contribution in [0.1, 0.15) is 57.4 Å². The second-order valence-electron chi connectivity index (χ2n) is 7.21. The molecule has 0 bridgehead atoms. The fourth-order valence-corrected chi connectivity index (χ4v) is 3.47. The molecule has 1 aliphatic rings. The lowest BCUT2D eigenvalue weighted by Gasteiger charge is -2.27. The summed E-state index contributed by atoms with van der Waals surface area (Å²) in [4.78, 5) is 24.4. The van der Waals surface area contributed by atoms with E-state index in [1.807, 2.05) is 0 Å². The van der Waals surface area contributed by atoms with Crippen LogP contribution < -0.4 is 10.6 Å². The van der Waals surface area contributed by atoms with E-state index in [0.717, 1.165) is 57.1 Å². The molecule has 0 saturated heterocycles. The predicted octanol–water partition coefficient (Wildman–Crippen LogP) is 3.60. The van der Waals surface area contributed by atoms with Crippen molar-refractivity contribution in [2.45, 2.75) is 58.3 Å². The maximum absolute atomic E-state index is 12.9. The second-order valence-corrected chi connectivity index (χ2v) is 7.21.